The van der Waals surface area contributed by atoms with Crippen molar-refractivity contribution in [2.75, 3.05) is 13.2 Å². The number of rotatable bonds is 11. The van der Waals surface area contributed by atoms with E-state index in [1.165, 1.54) is 11.3 Å². The van der Waals surface area contributed by atoms with Crippen molar-refractivity contribution in [3.63, 3.8) is 0 Å². The normalized spacial score (nSPS) is 31.5. The van der Waals surface area contributed by atoms with Gasteiger partial charge in [0.25, 0.3) is 0 Å². The van der Waals surface area contributed by atoms with Gasteiger partial charge in [-0.3, -0.25) is 0 Å². The average molecular weight is 676 g/mol. The van der Waals surface area contributed by atoms with Crippen LogP contribution in [0.5, 0.6) is 0 Å². The second-order valence-corrected chi connectivity index (χ2v) is 15.3. The highest BCUT2D eigenvalue weighted by Crippen LogP contribution is 2.42. The van der Waals surface area contributed by atoms with Gasteiger partial charge in [0.1, 0.15) is 29.8 Å². The van der Waals surface area contributed by atoms with Gasteiger partial charge in [-0.15, -0.1) is 22.9 Å². The molecule has 7 unspecified atom stereocenters. The zero-order chi connectivity index (χ0) is 30.9. The number of aliphatic hydroxyl groups excluding tert-OH is 1. The van der Waals surface area contributed by atoms with Crippen LogP contribution in [-0.2, 0) is 36.5 Å². The van der Waals surface area contributed by atoms with Crippen LogP contribution in [0.4, 0.5) is 0 Å². The SMILES string of the molecule is CC1(C)OCC(C2OC(C)(C)OC2COC(=O)c2ccc(CCCC3C(Cl)CC(O)C3CCc3cc(Cl)cc(Cl)c3)s2)O1. The van der Waals surface area contributed by atoms with Crippen molar-refractivity contribution in [3.8, 4) is 0 Å². The number of hydrogen-bond acceptors (Lipinski definition) is 8. The maximum absolute atomic E-state index is 12.9. The summed E-state index contributed by atoms with van der Waals surface area (Å²) in [5, 5.41) is 11.9. The molecule has 7 nitrogen and oxygen atoms in total. The molecule has 0 spiro atoms. The molecule has 5 rings (SSSR count). The first-order valence-electron chi connectivity index (χ1n) is 15.0. The zero-order valence-electron chi connectivity index (χ0n) is 25.0. The van der Waals surface area contributed by atoms with Crippen molar-refractivity contribution >= 4 is 52.1 Å². The first kappa shape index (κ1) is 33.4. The van der Waals surface area contributed by atoms with E-state index in [0.717, 1.165) is 42.5 Å². The maximum Gasteiger partial charge on any atom is 0.348 e. The number of carbonyl (C=O) groups excluding carboxylic acids is 1. The Morgan fingerprint density at radius 3 is 2.44 bits per heavy atom. The van der Waals surface area contributed by atoms with Gasteiger partial charge in [-0.05, 0) is 114 Å². The maximum atomic E-state index is 12.9. The number of esters is 1. The first-order valence-corrected chi connectivity index (χ1v) is 17.0. The summed E-state index contributed by atoms with van der Waals surface area (Å²) in [5.41, 5.74) is 1.07. The Labute approximate surface area is 273 Å². The molecule has 238 valence electrons. The third kappa shape index (κ3) is 8.66. The minimum Gasteiger partial charge on any atom is -0.459 e. The van der Waals surface area contributed by atoms with E-state index in [9.17, 15) is 9.90 Å². The number of hydrogen-bond donors (Lipinski definition) is 1. The van der Waals surface area contributed by atoms with Gasteiger partial charge in [-0.2, -0.15) is 0 Å². The summed E-state index contributed by atoms with van der Waals surface area (Å²) < 4.78 is 29.5. The standard InChI is InChI=1S/C32H41Cl3O7S/c1-31(2)39-17-27(40-31)29-26(41-32(3,4)42-29)16-38-30(37)28-11-9-21(43-28)6-5-7-22-23(25(36)15-24(22)35)10-8-18-12-19(33)14-20(34)13-18/h9,11-14,22-27,29,36H,5-8,10,15-17H2,1-4H3. The molecule has 1 aliphatic carbocycles. The minimum absolute atomic E-state index is 0.0559. The molecule has 0 bridgehead atoms. The molecule has 3 fully saturated rings. The molecule has 2 aliphatic heterocycles. The van der Waals surface area contributed by atoms with Crippen molar-refractivity contribution in [2.45, 2.75) is 108 Å². The predicted molar refractivity (Wildman–Crippen MR) is 168 cm³/mol. The Morgan fingerprint density at radius 1 is 1.00 bits per heavy atom. The predicted octanol–water partition coefficient (Wildman–Crippen LogP) is 7.44. The van der Waals surface area contributed by atoms with Gasteiger partial charge in [0, 0.05) is 20.3 Å². The van der Waals surface area contributed by atoms with Gasteiger partial charge in [-0.25, -0.2) is 4.79 Å². The van der Waals surface area contributed by atoms with Gasteiger partial charge >= 0.3 is 5.97 Å². The summed E-state index contributed by atoms with van der Waals surface area (Å²) in [6.45, 7) is 7.84. The Hall–Kier alpha value is -0.940. The smallest absolute Gasteiger partial charge is 0.348 e. The van der Waals surface area contributed by atoms with Crippen molar-refractivity contribution in [1.82, 2.24) is 0 Å². The van der Waals surface area contributed by atoms with E-state index in [-0.39, 0.29) is 35.9 Å². The van der Waals surface area contributed by atoms with Crippen LogP contribution in [0.25, 0.3) is 0 Å². The van der Waals surface area contributed by atoms with E-state index in [2.05, 4.69) is 0 Å². The van der Waals surface area contributed by atoms with Crippen LogP contribution in [0.1, 0.15) is 73.5 Å². The van der Waals surface area contributed by atoms with E-state index in [0.29, 0.717) is 28.0 Å². The second-order valence-electron chi connectivity index (χ2n) is 12.7. The Morgan fingerprint density at radius 2 is 1.74 bits per heavy atom. The van der Waals surface area contributed by atoms with Crippen molar-refractivity contribution in [1.29, 1.82) is 0 Å². The zero-order valence-corrected chi connectivity index (χ0v) is 28.1. The van der Waals surface area contributed by atoms with Gasteiger partial charge in [0.2, 0.25) is 0 Å². The fourth-order valence-corrected chi connectivity index (χ4v) is 8.58. The summed E-state index contributed by atoms with van der Waals surface area (Å²) in [4.78, 5) is 14.6. The van der Waals surface area contributed by atoms with Gasteiger partial charge in [0.05, 0.1) is 12.7 Å². The fourth-order valence-electron chi connectivity index (χ4n) is 6.57. The molecular weight excluding hydrogens is 635 g/mol. The Balaban J connectivity index is 1.10. The van der Waals surface area contributed by atoms with Crippen LogP contribution >= 0.6 is 46.1 Å². The van der Waals surface area contributed by atoms with Crippen LogP contribution in [0.15, 0.2) is 30.3 Å². The van der Waals surface area contributed by atoms with Crippen LogP contribution < -0.4 is 0 Å². The largest absolute Gasteiger partial charge is 0.459 e. The van der Waals surface area contributed by atoms with Crippen molar-refractivity contribution < 1.29 is 33.6 Å². The van der Waals surface area contributed by atoms with Crippen LogP contribution in [-0.4, -0.2) is 65.7 Å². The average Bonchev–Trinajstić information content (AvgIpc) is 3.66. The monoisotopic (exact) mass is 674 g/mol. The number of carbonyl (C=O) groups is 1. The number of alkyl halides is 1. The lowest BCUT2D eigenvalue weighted by Crippen LogP contribution is -2.40. The highest BCUT2D eigenvalue weighted by molar-refractivity contribution is 7.13. The van der Waals surface area contributed by atoms with Crippen molar-refractivity contribution in [3.05, 3.63) is 55.7 Å². The molecule has 11 heteroatoms. The number of aliphatic hydroxyl groups is 1. The number of benzene rings is 1. The lowest BCUT2D eigenvalue weighted by Gasteiger charge is -2.23. The summed E-state index contributed by atoms with van der Waals surface area (Å²) in [7, 11) is 0. The van der Waals surface area contributed by atoms with Gasteiger partial charge in [-0.1, -0.05) is 23.2 Å². The summed E-state index contributed by atoms with van der Waals surface area (Å²) in [6, 6.07) is 9.37. The summed E-state index contributed by atoms with van der Waals surface area (Å²) in [6.07, 6.45) is 3.28. The molecule has 1 saturated carbocycles. The van der Waals surface area contributed by atoms with Gasteiger partial charge < -0.3 is 28.8 Å². The summed E-state index contributed by atoms with van der Waals surface area (Å²) in [5.74, 6) is -1.54. The minimum atomic E-state index is -0.812. The van der Waals surface area contributed by atoms with E-state index < -0.39 is 29.9 Å². The quantitative estimate of drug-likeness (QED) is 0.196. The fraction of sp³-hybridized carbons (Fsp3) is 0.656. The van der Waals surface area contributed by atoms with Crippen molar-refractivity contribution in [2.24, 2.45) is 11.8 Å². The van der Waals surface area contributed by atoms with E-state index in [1.807, 2.05) is 52.0 Å². The third-order valence-electron chi connectivity index (χ3n) is 8.48. The third-order valence-corrected chi connectivity index (χ3v) is 10.5. The summed E-state index contributed by atoms with van der Waals surface area (Å²) >= 11 is 20.5. The molecule has 3 heterocycles. The molecule has 1 aromatic carbocycles. The van der Waals surface area contributed by atoms with Crippen LogP contribution in [0, 0.1) is 11.8 Å². The molecular formula is C32H41Cl3O7S. The van der Waals surface area contributed by atoms with E-state index in [4.69, 9.17) is 58.5 Å². The molecule has 1 N–H and O–H groups in total. The first-order chi connectivity index (χ1) is 20.3. The Kier molecular flexibility index (Phi) is 10.7. The highest BCUT2D eigenvalue weighted by atomic mass is 35.5. The molecule has 2 saturated heterocycles. The number of halogens is 3. The second kappa shape index (κ2) is 13.8. The topological polar surface area (TPSA) is 83.5 Å². The number of thiophene rings is 1. The molecule has 2 aromatic rings. The van der Waals surface area contributed by atoms with E-state index in [1.54, 1.807) is 6.07 Å². The lowest BCUT2D eigenvalue weighted by atomic mass is 9.85. The van der Waals surface area contributed by atoms with E-state index >= 15 is 0 Å². The number of ether oxygens (including phenoxy) is 5. The molecule has 7 atom stereocenters. The Bertz CT molecular complexity index is 1250. The van der Waals surface area contributed by atoms with Crippen LogP contribution in [0.2, 0.25) is 10.0 Å². The number of aryl methyl sites for hydroxylation is 2. The highest BCUT2D eigenvalue weighted by Gasteiger charge is 2.50. The molecule has 43 heavy (non-hydrogen) atoms. The molecule has 3 aliphatic rings. The van der Waals surface area contributed by atoms with Gasteiger partial charge in [0.15, 0.2) is 11.6 Å². The molecule has 0 amide bonds. The molecule has 1 aromatic heterocycles. The molecule has 0 radical (unpaired) electrons. The van der Waals surface area contributed by atoms with Crippen LogP contribution in [0.3, 0.4) is 0 Å². The lowest BCUT2D eigenvalue weighted by molar-refractivity contribution is -0.175.